The molecule has 4 heteroatoms. The van der Waals surface area contributed by atoms with Gasteiger partial charge in [-0.3, -0.25) is 0 Å². The highest BCUT2D eigenvalue weighted by atomic mass is 35.5. The van der Waals surface area contributed by atoms with Gasteiger partial charge >= 0.3 is 0 Å². The van der Waals surface area contributed by atoms with Crippen LogP contribution in [-0.2, 0) is 13.0 Å². The summed E-state index contributed by atoms with van der Waals surface area (Å²) >= 11 is 5.80. The molecule has 1 aromatic rings. The van der Waals surface area contributed by atoms with E-state index in [0.29, 0.717) is 18.3 Å². The van der Waals surface area contributed by atoms with Gasteiger partial charge in [0, 0.05) is 16.8 Å². The summed E-state index contributed by atoms with van der Waals surface area (Å²) in [7, 11) is 0. The molecule has 0 bridgehead atoms. The van der Waals surface area contributed by atoms with Gasteiger partial charge < -0.3 is 10.3 Å². The summed E-state index contributed by atoms with van der Waals surface area (Å²) in [5, 5.41) is 0. The standard InChI is InChI=1S/C15H22ClFN2/c1-8(2)11-5-13-10(4)14(9(3)6-16)15(18)19(13)7-12(11)17/h6,8,11-12H,5,7,18H2,1-4H3/b9-6+. The quantitative estimate of drug-likeness (QED) is 0.869. The molecule has 0 aromatic carbocycles. The van der Waals surface area contributed by atoms with Crippen LogP contribution in [0.3, 0.4) is 0 Å². The number of nitrogens with zero attached hydrogens (tertiary/aromatic N) is 1. The molecule has 2 nitrogen and oxygen atoms in total. The minimum Gasteiger partial charge on any atom is -0.385 e. The summed E-state index contributed by atoms with van der Waals surface area (Å²) in [6, 6.07) is 0. The second kappa shape index (κ2) is 5.20. The Hall–Kier alpha value is -0.960. The average Bonchev–Trinajstić information content (AvgIpc) is 2.59. The van der Waals surface area contributed by atoms with Gasteiger partial charge in [-0.25, -0.2) is 4.39 Å². The number of halogens is 2. The van der Waals surface area contributed by atoms with Gasteiger partial charge in [0.25, 0.3) is 0 Å². The molecular formula is C15H22ClFN2. The van der Waals surface area contributed by atoms with Gasteiger partial charge in [-0.15, -0.1) is 0 Å². The van der Waals surface area contributed by atoms with Crippen LogP contribution in [0.1, 0.15) is 37.6 Å². The zero-order valence-electron chi connectivity index (χ0n) is 12.0. The van der Waals surface area contributed by atoms with Crippen molar-refractivity contribution in [2.24, 2.45) is 11.8 Å². The lowest BCUT2D eigenvalue weighted by molar-refractivity contribution is 0.138. The number of nitrogens with two attached hydrogens (primary N) is 1. The lowest BCUT2D eigenvalue weighted by Crippen LogP contribution is -2.34. The van der Waals surface area contributed by atoms with Gasteiger partial charge in [0.2, 0.25) is 0 Å². The van der Waals surface area contributed by atoms with E-state index in [4.69, 9.17) is 17.3 Å². The fraction of sp³-hybridized carbons (Fsp3) is 0.600. The Labute approximate surface area is 119 Å². The molecule has 2 N–H and O–H groups in total. The summed E-state index contributed by atoms with van der Waals surface area (Å²) in [6.07, 6.45) is -0.0699. The number of rotatable bonds is 2. The predicted octanol–water partition coefficient (Wildman–Crippen LogP) is 4.14. The Kier molecular flexibility index (Phi) is 3.95. The van der Waals surface area contributed by atoms with Crippen molar-refractivity contribution in [2.45, 2.75) is 46.8 Å². The third kappa shape index (κ3) is 2.29. The summed E-state index contributed by atoms with van der Waals surface area (Å²) in [5.41, 5.74) is 11.9. The van der Waals surface area contributed by atoms with Gasteiger partial charge in [0.05, 0.1) is 6.54 Å². The van der Waals surface area contributed by atoms with Gasteiger partial charge in [0.15, 0.2) is 0 Å². The molecule has 2 heterocycles. The number of fused-ring (bicyclic) bond motifs is 1. The number of anilines is 1. The monoisotopic (exact) mass is 284 g/mol. The van der Waals surface area contributed by atoms with E-state index in [0.717, 1.165) is 28.8 Å². The van der Waals surface area contributed by atoms with Crippen molar-refractivity contribution in [3.63, 3.8) is 0 Å². The Morgan fingerprint density at radius 3 is 2.68 bits per heavy atom. The Balaban J connectivity index is 2.52. The number of allylic oxidation sites excluding steroid dienone is 1. The topological polar surface area (TPSA) is 30.9 Å². The number of hydrogen-bond acceptors (Lipinski definition) is 1. The molecule has 2 rings (SSSR count). The molecular weight excluding hydrogens is 263 g/mol. The highest BCUT2D eigenvalue weighted by Crippen LogP contribution is 2.38. The first-order valence-corrected chi connectivity index (χ1v) is 7.21. The Morgan fingerprint density at radius 1 is 1.53 bits per heavy atom. The maximum absolute atomic E-state index is 14.3. The first kappa shape index (κ1) is 14.4. The molecule has 0 saturated carbocycles. The van der Waals surface area contributed by atoms with Crippen LogP contribution in [0.2, 0.25) is 0 Å². The third-order valence-electron chi connectivity index (χ3n) is 4.35. The van der Waals surface area contributed by atoms with Gasteiger partial charge in [0.1, 0.15) is 12.0 Å². The molecule has 0 fully saturated rings. The molecule has 2 unspecified atom stereocenters. The smallest absolute Gasteiger partial charge is 0.121 e. The van der Waals surface area contributed by atoms with E-state index in [2.05, 4.69) is 20.8 Å². The summed E-state index contributed by atoms with van der Waals surface area (Å²) < 4.78 is 16.2. The van der Waals surface area contributed by atoms with Crippen LogP contribution >= 0.6 is 11.6 Å². The van der Waals surface area contributed by atoms with E-state index in [9.17, 15) is 4.39 Å². The minimum absolute atomic E-state index is 0.0774. The van der Waals surface area contributed by atoms with E-state index < -0.39 is 6.17 Å². The maximum atomic E-state index is 14.3. The van der Waals surface area contributed by atoms with Crippen LogP contribution in [0.5, 0.6) is 0 Å². The molecule has 0 radical (unpaired) electrons. The van der Waals surface area contributed by atoms with E-state index in [1.54, 1.807) is 0 Å². The average molecular weight is 285 g/mol. The van der Waals surface area contributed by atoms with E-state index in [-0.39, 0.29) is 5.92 Å². The Bertz CT molecular complexity index is 517. The van der Waals surface area contributed by atoms with Crippen LogP contribution in [0.25, 0.3) is 5.57 Å². The van der Waals surface area contributed by atoms with Crippen molar-refractivity contribution in [3.05, 3.63) is 22.4 Å². The predicted molar refractivity (Wildman–Crippen MR) is 80.0 cm³/mol. The van der Waals surface area contributed by atoms with Crippen molar-refractivity contribution in [3.8, 4) is 0 Å². The second-order valence-electron chi connectivity index (χ2n) is 5.86. The SMILES string of the molecule is C/C(=C\Cl)c1c(C)c2n(c1N)CC(F)C(C(C)C)C2. The van der Waals surface area contributed by atoms with Crippen LogP contribution in [-0.4, -0.2) is 10.7 Å². The van der Waals surface area contributed by atoms with Crippen LogP contribution in [0, 0.1) is 18.8 Å². The largest absolute Gasteiger partial charge is 0.385 e. The normalized spacial score (nSPS) is 23.8. The zero-order valence-corrected chi connectivity index (χ0v) is 12.8. The molecule has 2 atom stereocenters. The summed E-state index contributed by atoms with van der Waals surface area (Å²) in [5.74, 6) is 1.06. The van der Waals surface area contributed by atoms with Crippen molar-refractivity contribution < 1.29 is 4.39 Å². The third-order valence-corrected chi connectivity index (χ3v) is 4.67. The lowest BCUT2D eigenvalue weighted by atomic mass is 9.84. The Morgan fingerprint density at radius 2 is 2.16 bits per heavy atom. The fourth-order valence-corrected chi connectivity index (χ4v) is 3.27. The summed E-state index contributed by atoms with van der Waals surface area (Å²) in [6.45, 7) is 8.51. The molecule has 1 aromatic heterocycles. The molecule has 0 spiro atoms. The lowest BCUT2D eigenvalue weighted by Gasteiger charge is -2.31. The molecule has 106 valence electrons. The number of nitrogen functional groups attached to an aromatic ring is 1. The molecule has 19 heavy (non-hydrogen) atoms. The highest BCUT2D eigenvalue weighted by Gasteiger charge is 2.34. The van der Waals surface area contributed by atoms with Gasteiger partial charge in [-0.05, 0) is 43.2 Å². The maximum Gasteiger partial charge on any atom is 0.121 e. The number of aromatic nitrogens is 1. The van der Waals surface area contributed by atoms with E-state index in [1.807, 2.05) is 11.5 Å². The first-order valence-electron chi connectivity index (χ1n) is 6.77. The van der Waals surface area contributed by atoms with Crippen molar-refractivity contribution in [1.29, 1.82) is 0 Å². The van der Waals surface area contributed by atoms with Gasteiger partial charge in [-0.1, -0.05) is 25.4 Å². The van der Waals surface area contributed by atoms with Crippen LogP contribution in [0.4, 0.5) is 10.2 Å². The molecule has 1 aliphatic rings. The van der Waals surface area contributed by atoms with Crippen molar-refractivity contribution in [1.82, 2.24) is 4.57 Å². The van der Waals surface area contributed by atoms with E-state index in [1.165, 1.54) is 5.54 Å². The molecule has 0 saturated heterocycles. The highest BCUT2D eigenvalue weighted by molar-refractivity contribution is 6.28. The van der Waals surface area contributed by atoms with Crippen molar-refractivity contribution in [2.75, 3.05) is 5.73 Å². The number of alkyl halides is 1. The fourth-order valence-electron chi connectivity index (χ4n) is 3.16. The molecule has 0 amide bonds. The first-order chi connectivity index (χ1) is 8.88. The molecule has 1 aliphatic heterocycles. The molecule has 0 aliphatic carbocycles. The summed E-state index contributed by atoms with van der Waals surface area (Å²) in [4.78, 5) is 0. The minimum atomic E-state index is -0.824. The van der Waals surface area contributed by atoms with Crippen molar-refractivity contribution >= 4 is 23.0 Å². The van der Waals surface area contributed by atoms with Crippen LogP contribution < -0.4 is 5.73 Å². The van der Waals surface area contributed by atoms with Crippen LogP contribution in [0.15, 0.2) is 5.54 Å². The number of hydrogen-bond donors (Lipinski definition) is 1. The zero-order chi connectivity index (χ0) is 14.3. The van der Waals surface area contributed by atoms with Gasteiger partial charge in [-0.2, -0.15) is 0 Å². The van der Waals surface area contributed by atoms with E-state index >= 15 is 0 Å². The second-order valence-corrected chi connectivity index (χ2v) is 6.08.